The number of nitrogens with one attached hydrogen (secondary N) is 2. The van der Waals surface area contributed by atoms with Gasteiger partial charge in [-0.1, -0.05) is 31.0 Å². The third-order valence-corrected chi connectivity index (χ3v) is 3.62. The molecule has 0 radical (unpaired) electrons. The number of amides is 2. The van der Waals surface area contributed by atoms with Gasteiger partial charge in [0.25, 0.3) is 5.91 Å². The Morgan fingerprint density at radius 2 is 1.64 bits per heavy atom. The third-order valence-electron chi connectivity index (χ3n) is 3.37. The van der Waals surface area contributed by atoms with E-state index in [2.05, 4.69) is 10.6 Å². The Labute approximate surface area is 152 Å². The number of ether oxygens (including phenoxy) is 1. The molecule has 0 aliphatic carbocycles. The number of benzene rings is 2. The molecule has 0 saturated carbocycles. The van der Waals surface area contributed by atoms with Crippen molar-refractivity contribution in [1.29, 1.82) is 0 Å². The fraction of sp³-hybridized carbons (Fsp3) is 0.263. The van der Waals surface area contributed by atoms with E-state index >= 15 is 0 Å². The van der Waals surface area contributed by atoms with E-state index in [1.807, 2.05) is 6.92 Å². The van der Waals surface area contributed by atoms with Crippen LogP contribution in [0.2, 0.25) is 5.02 Å². The van der Waals surface area contributed by atoms with Gasteiger partial charge in [0.05, 0.1) is 0 Å². The summed E-state index contributed by atoms with van der Waals surface area (Å²) in [5, 5.41) is 6.16. The molecule has 5 nitrogen and oxygen atoms in total. The van der Waals surface area contributed by atoms with E-state index in [-0.39, 0.29) is 18.4 Å². The zero-order chi connectivity index (χ0) is 18.1. The normalized spacial score (nSPS) is 10.2. The highest BCUT2D eigenvalue weighted by Gasteiger charge is 2.06. The second kappa shape index (κ2) is 9.69. The van der Waals surface area contributed by atoms with Crippen LogP contribution in [0.3, 0.4) is 0 Å². The quantitative estimate of drug-likeness (QED) is 0.729. The monoisotopic (exact) mass is 360 g/mol. The Morgan fingerprint density at radius 1 is 1.00 bits per heavy atom. The molecule has 2 aromatic rings. The lowest BCUT2D eigenvalue weighted by atomic mass is 10.2. The van der Waals surface area contributed by atoms with Crippen molar-refractivity contribution in [3.63, 3.8) is 0 Å². The molecule has 2 rings (SSSR count). The van der Waals surface area contributed by atoms with Gasteiger partial charge < -0.3 is 15.4 Å². The Bertz CT molecular complexity index is 717. The van der Waals surface area contributed by atoms with Crippen LogP contribution in [0.25, 0.3) is 0 Å². The second-order valence-corrected chi connectivity index (χ2v) is 5.96. The highest BCUT2D eigenvalue weighted by atomic mass is 35.5. The van der Waals surface area contributed by atoms with Gasteiger partial charge in [-0.25, -0.2) is 0 Å². The molecular weight excluding hydrogens is 340 g/mol. The minimum atomic E-state index is -0.288. The van der Waals surface area contributed by atoms with Crippen LogP contribution in [-0.4, -0.2) is 18.4 Å². The smallest absolute Gasteiger partial charge is 0.262 e. The first-order valence-electron chi connectivity index (χ1n) is 8.15. The Hall–Kier alpha value is -2.53. The topological polar surface area (TPSA) is 67.4 Å². The van der Waals surface area contributed by atoms with Crippen molar-refractivity contribution in [1.82, 2.24) is 0 Å². The number of hydrogen-bond donors (Lipinski definition) is 2. The molecule has 2 aromatic carbocycles. The maximum Gasteiger partial charge on any atom is 0.262 e. The van der Waals surface area contributed by atoms with E-state index < -0.39 is 0 Å². The predicted octanol–water partition coefficient (Wildman–Crippen LogP) is 4.49. The van der Waals surface area contributed by atoms with Crippen LogP contribution in [0.15, 0.2) is 48.5 Å². The van der Waals surface area contributed by atoms with Gasteiger partial charge in [0.2, 0.25) is 5.91 Å². The van der Waals surface area contributed by atoms with Gasteiger partial charge in [0.15, 0.2) is 6.61 Å². The number of anilines is 2. The average Bonchev–Trinajstić information content (AvgIpc) is 2.60. The average molecular weight is 361 g/mol. The summed E-state index contributed by atoms with van der Waals surface area (Å²) in [6, 6.07) is 13.8. The van der Waals surface area contributed by atoms with Gasteiger partial charge in [-0.3, -0.25) is 9.59 Å². The molecule has 2 N–H and O–H groups in total. The second-order valence-electron chi connectivity index (χ2n) is 5.52. The van der Waals surface area contributed by atoms with Crippen molar-refractivity contribution in [3.8, 4) is 5.75 Å². The van der Waals surface area contributed by atoms with Crippen LogP contribution >= 0.6 is 11.6 Å². The van der Waals surface area contributed by atoms with Crippen molar-refractivity contribution < 1.29 is 14.3 Å². The van der Waals surface area contributed by atoms with E-state index in [0.717, 1.165) is 12.8 Å². The highest BCUT2D eigenvalue weighted by Crippen LogP contribution is 2.17. The summed E-state index contributed by atoms with van der Waals surface area (Å²) in [5.41, 5.74) is 1.25. The maximum atomic E-state index is 12.0. The van der Waals surface area contributed by atoms with Gasteiger partial charge in [0.1, 0.15) is 5.75 Å². The molecule has 0 bridgehead atoms. The molecule has 25 heavy (non-hydrogen) atoms. The molecule has 0 aliphatic heterocycles. The summed E-state index contributed by atoms with van der Waals surface area (Å²) in [6.07, 6.45) is 2.31. The van der Waals surface area contributed by atoms with E-state index in [4.69, 9.17) is 16.3 Å². The lowest BCUT2D eigenvalue weighted by molar-refractivity contribution is -0.118. The fourth-order valence-electron chi connectivity index (χ4n) is 2.11. The standard InChI is InChI=1S/C19H21ClN2O3/c1-2-3-7-18(23)21-15-5-4-6-16(12-15)22-19(24)13-25-17-10-8-14(20)9-11-17/h4-6,8-12H,2-3,7,13H2,1H3,(H,21,23)(H,22,24). The summed E-state index contributed by atoms with van der Waals surface area (Å²) in [4.78, 5) is 23.7. The molecule has 0 heterocycles. The summed E-state index contributed by atoms with van der Waals surface area (Å²) in [6.45, 7) is 1.92. The van der Waals surface area contributed by atoms with Crippen LogP contribution in [0.1, 0.15) is 26.2 Å². The SMILES string of the molecule is CCCCC(=O)Nc1cccc(NC(=O)COc2ccc(Cl)cc2)c1. The van der Waals surface area contributed by atoms with Crippen molar-refractivity contribution in [2.45, 2.75) is 26.2 Å². The summed E-state index contributed by atoms with van der Waals surface area (Å²) in [5.74, 6) is 0.247. The van der Waals surface area contributed by atoms with Crippen LogP contribution in [0.4, 0.5) is 11.4 Å². The molecule has 0 aliphatic rings. The molecule has 132 valence electrons. The van der Waals surface area contributed by atoms with Crippen LogP contribution in [-0.2, 0) is 9.59 Å². The minimum absolute atomic E-state index is 0.0311. The number of hydrogen-bond acceptors (Lipinski definition) is 3. The first-order valence-corrected chi connectivity index (χ1v) is 8.52. The van der Waals surface area contributed by atoms with Crippen molar-refractivity contribution in [3.05, 3.63) is 53.6 Å². The van der Waals surface area contributed by atoms with E-state index in [9.17, 15) is 9.59 Å². The van der Waals surface area contributed by atoms with E-state index in [1.54, 1.807) is 48.5 Å². The number of carbonyl (C=O) groups is 2. The van der Waals surface area contributed by atoms with Crippen molar-refractivity contribution in [2.75, 3.05) is 17.2 Å². The Balaban J connectivity index is 1.84. The molecule has 0 aromatic heterocycles. The molecule has 0 saturated heterocycles. The Kier molecular flexibility index (Phi) is 7.29. The van der Waals surface area contributed by atoms with E-state index in [0.29, 0.717) is 28.6 Å². The molecular formula is C19H21ClN2O3. The van der Waals surface area contributed by atoms with Gasteiger partial charge in [-0.15, -0.1) is 0 Å². The molecule has 0 unspecified atom stereocenters. The number of unbranched alkanes of at least 4 members (excludes halogenated alkanes) is 1. The predicted molar refractivity (Wildman–Crippen MR) is 100 cm³/mol. The number of carbonyl (C=O) groups excluding carboxylic acids is 2. The maximum absolute atomic E-state index is 12.0. The largest absolute Gasteiger partial charge is 0.484 e. The van der Waals surface area contributed by atoms with Crippen LogP contribution in [0.5, 0.6) is 5.75 Å². The van der Waals surface area contributed by atoms with Crippen LogP contribution < -0.4 is 15.4 Å². The lowest BCUT2D eigenvalue weighted by Gasteiger charge is -2.10. The van der Waals surface area contributed by atoms with Gasteiger partial charge in [-0.05, 0) is 48.9 Å². The lowest BCUT2D eigenvalue weighted by Crippen LogP contribution is -2.20. The molecule has 0 atom stereocenters. The first kappa shape index (κ1) is 18.8. The van der Waals surface area contributed by atoms with Gasteiger partial charge >= 0.3 is 0 Å². The van der Waals surface area contributed by atoms with Gasteiger partial charge in [0, 0.05) is 22.8 Å². The van der Waals surface area contributed by atoms with Crippen LogP contribution in [0, 0.1) is 0 Å². The zero-order valence-corrected chi connectivity index (χ0v) is 14.8. The van der Waals surface area contributed by atoms with Crippen molar-refractivity contribution >= 4 is 34.8 Å². The summed E-state index contributed by atoms with van der Waals surface area (Å²) in [7, 11) is 0. The fourth-order valence-corrected chi connectivity index (χ4v) is 2.24. The zero-order valence-electron chi connectivity index (χ0n) is 14.0. The number of rotatable bonds is 8. The first-order chi connectivity index (χ1) is 12.1. The third kappa shape index (κ3) is 6.85. The van der Waals surface area contributed by atoms with E-state index in [1.165, 1.54) is 0 Å². The molecule has 6 heteroatoms. The number of halogens is 1. The molecule has 2 amide bonds. The van der Waals surface area contributed by atoms with Crippen molar-refractivity contribution in [2.24, 2.45) is 0 Å². The highest BCUT2D eigenvalue weighted by molar-refractivity contribution is 6.30. The summed E-state index contributed by atoms with van der Waals surface area (Å²) >= 11 is 5.80. The molecule has 0 spiro atoms. The molecule has 0 fully saturated rings. The Morgan fingerprint density at radius 3 is 2.28 bits per heavy atom. The van der Waals surface area contributed by atoms with Gasteiger partial charge in [-0.2, -0.15) is 0 Å². The minimum Gasteiger partial charge on any atom is -0.484 e. The summed E-state index contributed by atoms with van der Waals surface area (Å²) < 4.78 is 5.39.